The molecule has 0 aromatic rings. The SMILES string of the molecule is CCCCCCCCCCCCCCCCC(N)C(=O)S. The molecule has 0 aliphatic carbocycles. The monoisotopic (exact) mass is 315 g/mol. The Hall–Kier alpha value is -0.0200. The summed E-state index contributed by atoms with van der Waals surface area (Å²) in [6.45, 7) is 2.27. The molecule has 0 rings (SSSR count). The van der Waals surface area contributed by atoms with Gasteiger partial charge in [0.15, 0.2) is 0 Å². The molecule has 0 aromatic heterocycles. The van der Waals surface area contributed by atoms with Crippen molar-refractivity contribution in [2.75, 3.05) is 0 Å². The van der Waals surface area contributed by atoms with E-state index in [1.54, 1.807) is 0 Å². The summed E-state index contributed by atoms with van der Waals surface area (Å²) in [5.74, 6) is 0. The first-order valence-corrected chi connectivity index (χ1v) is 9.61. The second kappa shape index (κ2) is 16.4. The molecule has 0 radical (unpaired) electrons. The van der Waals surface area contributed by atoms with Gasteiger partial charge in [-0.15, -0.1) is 12.6 Å². The van der Waals surface area contributed by atoms with Crippen molar-refractivity contribution in [1.29, 1.82) is 0 Å². The Bertz CT molecular complexity index is 233. The minimum atomic E-state index is -0.356. The van der Waals surface area contributed by atoms with E-state index in [1.807, 2.05) is 0 Å². The summed E-state index contributed by atoms with van der Waals surface area (Å²) in [6.07, 6.45) is 19.7. The summed E-state index contributed by atoms with van der Waals surface area (Å²) in [7, 11) is 0. The van der Waals surface area contributed by atoms with Crippen LogP contribution in [0, 0.1) is 0 Å². The second-order valence-corrected chi connectivity index (χ2v) is 6.77. The fourth-order valence-electron chi connectivity index (χ4n) is 2.68. The third-order valence-electron chi connectivity index (χ3n) is 4.19. The largest absolute Gasteiger partial charge is 0.321 e. The van der Waals surface area contributed by atoms with Crippen LogP contribution in [-0.4, -0.2) is 11.2 Å². The average Bonchev–Trinajstić information content (AvgIpc) is 2.47. The number of rotatable bonds is 16. The fraction of sp³-hybridized carbons (Fsp3) is 0.944. The van der Waals surface area contributed by atoms with Crippen LogP contribution in [-0.2, 0) is 4.79 Å². The molecule has 0 aliphatic rings. The Morgan fingerprint density at radius 2 is 1.10 bits per heavy atom. The van der Waals surface area contributed by atoms with E-state index in [0.29, 0.717) is 0 Å². The molecule has 0 bridgehead atoms. The number of carbonyl (C=O) groups excluding carboxylic acids is 1. The molecule has 3 heteroatoms. The van der Waals surface area contributed by atoms with Crippen molar-refractivity contribution in [1.82, 2.24) is 0 Å². The maximum absolute atomic E-state index is 10.8. The highest BCUT2D eigenvalue weighted by atomic mass is 32.1. The predicted octanol–water partition coefficient (Wildman–Crippen LogP) is 5.64. The first-order valence-electron chi connectivity index (χ1n) is 9.17. The molecule has 2 N–H and O–H groups in total. The molecule has 0 aromatic carbocycles. The van der Waals surface area contributed by atoms with E-state index in [2.05, 4.69) is 19.6 Å². The summed E-state index contributed by atoms with van der Waals surface area (Å²) < 4.78 is 0. The first kappa shape index (κ1) is 21.0. The van der Waals surface area contributed by atoms with E-state index in [0.717, 1.165) is 12.8 Å². The van der Waals surface area contributed by atoms with Crippen LogP contribution >= 0.6 is 12.6 Å². The average molecular weight is 316 g/mol. The van der Waals surface area contributed by atoms with Gasteiger partial charge in [-0.3, -0.25) is 4.79 Å². The molecule has 0 heterocycles. The van der Waals surface area contributed by atoms with Crippen LogP contribution in [0.3, 0.4) is 0 Å². The van der Waals surface area contributed by atoms with Gasteiger partial charge in [0.25, 0.3) is 0 Å². The van der Waals surface area contributed by atoms with Crippen LogP contribution in [0.15, 0.2) is 0 Å². The number of thiol groups is 1. The van der Waals surface area contributed by atoms with Gasteiger partial charge in [-0.1, -0.05) is 96.8 Å². The normalized spacial score (nSPS) is 12.5. The highest BCUT2D eigenvalue weighted by Gasteiger charge is 2.07. The van der Waals surface area contributed by atoms with Crippen LogP contribution in [0.1, 0.15) is 103 Å². The lowest BCUT2D eigenvalue weighted by molar-refractivity contribution is -0.112. The Morgan fingerprint density at radius 3 is 1.43 bits per heavy atom. The highest BCUT2D eigenvalue weighted by molar-refractivity contribution is 7.96. The summed E-state index contributed by atoms with van der Waals surface area (Å²) in [5, 5.41) is -0.176. The van der Waals surface area contributed by atoms with Gasteiger partial charge in [0.1, 0.15) is 0 Å². The predicted molar refractivity (Wildman–Crippen MR) is 96.9 cm³/mol. The Balaban J connectivity index is 3.04. The van der Waals surface area contributed by atoms with Crippen LogP contribution in [0.25, 0.3) is 0 Å². The van der Waals surface area contributed by atoms with Crippen molar-refractivity contribution in [2.45, 2.75) is 109 Å². The molecular weight excluding hydrogens is 278 g/mol. The first-order chi connectivity index (χ1) is 10.2. The summed E-state index contributed by atoms with van der Waals surface area (Å²) >= 11 is 3.75. The van der Waals surface area contributed by atoms with Crippen LogP contribution < -0.4 is 5.73 Å². The standard InChI is InChI=1S/C18H37NOS/c1-2-3-4-5-6-7-8-9-10-11-12-13-14-15-16-17(19)18(20)21/h17H,2-16,19H2,1H3,(H,20,21). The lowest BCUT2D eigenvalue weighted by Crippen LogP contribution is -2.26. The van der Waals surface area contributed by atoms with Gasteiger partial charge in [0, 0.05) is 0 Å². The number of hydrogen-bond acceptors (Lipinski definition) is 2. The van der Waals surface area contributed by atoms with Gasteiger partial charge in [-0.05, 0) is 6.42 Å². The number of carbonyl (C=O) groups is 1. The van der Waals surface area contributed by atoms with E-state index >= 15 is 0 Å². The van der Waals surface area contributed by atoms with Crippen LogP contribution in [0.2, 0.25) is 0 Å². The highest BCUT2D eigenvalue weighted by Crippen LogP contribution is 2.13. The van der Waals surface area contributed by atoms with Gasteiger partial charge in [0.2, 0.25) is 5.12 Å². The minimum absolute atomic E-state index is 0.176. The molecule has 0 aliphatic heterocycles. The maximum Gasteiger partial charge on any atom is 0.202 e. The van der Waals surface area contributed by atoms with Crippen molar-refractivity contribution in [3.63, 3.8) is 0 Å². The number of hydrogen-bond donors (Lipinski definition) is 2. The molecule has 1 atom stereocenters. The molecule has 0 fully saturated rings. The van der Waals surface area contributed by atoms with E-state index in [9.17, 15) is 4.79 Å². The van der Waals surface area contributed by atoms with Gasteiger partial charge in [-0.25, -0.2) is 0 Å². The van der Waals surface area contributed by atoms with E-state index in [4.69, 9.17) is 5.73 Å². The topological polar surface area (TPSA) is 43.1 Å². The Kier molecular flexibility index (Phi) is 16.3. The Labute approximate surface area is 138 Å². The van der Waals surface area contributed by atoms with E-state index in [1.165, 1.54) is 83.5 Å². The van der Waals surface area contributed by atoms with Crippen LogP contribution in [0.5, 0.6) is 0 Å². The van der Waals surface area contributed by atoms with Crippen molar-refractivity contribution in [3.8, 4) is 0 Å². The van der Waals surface area contributed by atoms with Crippen molar-refractivity contribution >= 4 is 17.7 Å². The van der Waals surface area contributed by atoms with Crippen molar-refractivity contribution < 1.29 is 4.79 Å². The van der Waals surface area contributed by atoms with Crippen molar-refractivity contribution in [2.24, 2.45) is 5.73 Å². The molecule has 0 spiro atoms. The maximum atomic E-state index is 10.8. The summed E-state index contributed by atoms with van der Waals surface area (Å²) in [4.78, 5) is 10.8. The molecule has 0 saturated heterocycles. The van der Waals surface area contributed by atoms with Gasteiger partial charge in [0.05, 0.1) is 6.04 Å². The van der Waals surface area contributed by atoms with E-state index < -0.39 is 0 Å². The zero-order valence-corrected chi connectivity index (χ0v) is 15.0. The molecule has 1 unspecified atom stereocenters. The number of nitrogens with two attached hydrogens (primary N) is 1. The second-order valence-electron chi connectivity index (χ2n) is 6.33. The zero-order chi connectivity index (χ0) is 15.8. The quantitative estimate of drug-likeness (QED) is 0.286. The molecule has 126 valence electrons. The van der Waals surface area contributed by atoms with Gasteiger partial charge in [-0.2, -0.15) is 0 Å². The van der Waals surface area contributed by atoms with E-state index in [-0.39, 0.29) is 11.2 Å². The molecule has 2 nitrogen and oxygen atoms in total. The molecule has 21 heavy (non-hydrogen) atoms. The third kappa shape index (κ3) is 16.2. The Morgan fingerprint density at radius 1 is 0.762 bits per heavy atom. The van der Waals surface area contributed by atoms with Crippen molar-refractivity contribution in [3.05, 3.63) is 0 Å². The summed E-state index contributed by atoms with van der Waals surface area (Å²) in [6, 6.07) is -0.356. The zero-order valence-electron chi connectivity index (χ0n) is 14.1. The van der Waals surface area contributed by atoms with Gasteiger partial charge >= 0.3 is 0 Å². The lowest BCUT2D eigenvalue weighted by atomic mass is 10.0. The molecule has 0 amide bonds. The lowest BCUT2D eigenvalue weighted by Gasteiger charge is -2.06. The fourth-order valence-corrected chi connectivity index (χ4v) is 2.81. The minimum Gasteiger partial charge on any atom is -0.321 e. The molecule has 0 saturated carbocycles. The third-order valence-corrected chi connectivity index (χ3v) is 4.52. The smallest absolute Gasteiger partial charge is 0.202 e. The molecular formula is C18H37NOS. The van der Waals surface area contributed by atoms with Crippen LogP contribution in [0.4, 0.5) is 0 Å². The number of unbranched alkanes of at least 4 members (excludes halogenated alkanes) is 13. The summed E-state index contributed by atoms with van der Waals surface area (Å²) in [5.41, 5.74) is 5.64. The van der Waals surface area contributed by atoms with Gasteiger partial charge < -0.3 is 5.73 Å².